The number of hydrogen-bond acceptors (Lipinski definition) is 4. The molecule has 2 aromatic rings. The molecule has 1 aromatic carbocycles. The van der Waals surface area contributed by atoms with Gasteiger partial charge in [0.15, 0.2) is 0 Å². The maximum absolute atomic E-state index is 11.6. The first kappa shape index (κ1) is 13.3. The minimum Gasteiger partial charge on any atom is -0.364 e. The number of carbonyl (C=O) groups is 1. The normalized spacial score (nSPS) is 12.1. The smallest absolute Gasteiger partial charge is 0.220 e. The van der Waals surface area contributed by atoms with Crippen LogP contribution in [-0.2, 0) is 11.3 Å². The largest absolute Gasteiger partial charge is 0.364 e. The van der Waals surface area contributed by atoms with E-state index in [0.29, 0.717) is 25.1 Å². The molecule has 0 aliphatic carbocycles. The fourth-order valence-electron chi connectivity index (χ4n) is 1.76. The molecule has 100 valence electrons. The standard InChI is InChI=1S/C14H17N3O2/c15-13(11-4-2-1-3-5-11)6-7-14(18)16-10-12-8-9-19-17-12/h1-5,8-9,13H,6-7,10,15H2,(H,16,18). The third-order valence-corrected chi connectivity index (χ3v) is 2.87. The topological polar surface area (TPSA) is 81.2 Å². The van der Waals surface area contributed by atoms with Crippen LogP contribution < -0.4 is 11.1 Å². The van der Waals surface area contributed by atoms with Gasteiger partial charge in [0.05, 0.1) is 6.54 Å². The molecule has 0 saturated heterocycles. The highest BCUT2D eigenvalue weighted by Gasteiger charge is 2.09. The van der Waals surface area contributed by atoms with Crippen molar-refractivity contribution in [2.24, 2.45) is 5.73 Å². The van der Waals surface area contributed by atoms with Crippen LogP contribution in [-0.4, -0.2) is 11.1 Å². The maximum Gasteiger partial charge on any atom is 0.220 e. The molecule has 2 rings (SSSR count). The average molecular weight is 259 g/mol. The van der Waals surface area contributed by atoms with Crippen molar-refractivity contribution in [1.82, 2.24) is 10.5 Å². The third-order valence-electron chi connectivity index (χ3n) is 2.87. The van der Waals surface area contributed by atoms with E-state index in [0.717, 1.165) is 5.56 Å². The SMILES string of the molecule is NC(CCC(=O)NCc1ccon1)c1ccccc1. The summed E-state index contributed by atoms with van der Waals surface area (Å²) in [6.07, 6.45) is 2.50. The molecule has 3 N–H and O–H groups in total. The van der Waals surface area contributed by atoms with Crippen LogP contribution in [0, 0.1) is 0 Å². The van der Waals surface area contributed by atoms with Crippen molar-refractivity contribution in [2.75, 3.05) is 0 Å². The van der Waals surface area contributed by atoms with Gasteiger partial charge in [0.1, 0.15) is 12.0 Å². The van der Waals surface area contributed by atoms with Gasteiger partial charge in [0.25, 0.3) is 0 Å². The summed E-state index contributed by atoms with van der Waals surface area (Å²) >= 11 is 0. The second-order valence-electron chi connectivity index (χ2n) is 4.32. The van der Waals surface area contributed by atoms with E-state index in [4.69, 9.17) is 5.73 Å². The zero-order chi connectivity index (χ0) is 13.5. The second kappa shape index (κ2) is 6.70. The van der Waals surface area contributed by atoms with Crippen molar-refractivity contribution in [3.63, 3.8) is 0 Å². The quantitative estimate of drug-likeness (QED) is 0.828. The van der Waals surface area contributed by atoms with E-state index in [1.807, 2.05) is 30.3 Å². The van der Waals surface area contributed by atoms with Crippen LogP contribution in [0.4, 0.5) is 0 Å². The molecule has 1 unspecified atom stereocenters. The molecular weight excluding hydrogens is 242 g/mol. The van der Waals surface area contributed by atoms with Crippen LogP contribution in [0.2, 0.25) is 0 Å². The summed E-state index contributed by atoms with van der Waals surface area (Å²) in [5.41, 5.74) is 7.78. The predicted octanol–water partition coefficient (Wildman–Crippen LogP) is 1.77. The van der Waals surface area contributed by atoms with Gasteiger partial charge in [-0.2, -0.15) is 0 Å². The van der Waals surface area contributed by atoms with E-state index in [2.05, 4.69) is 15.0 Å². The molecule has 0 aliphatic rings. The van der Waals surface area contributed by atoms with Gasteiger partial charge in [-0.1, -0.05) is 35.5 Å². The van der Waals surface area contributed by atoms with Gasteiger partial charge in [-0.3, -0.25) is 4.79 Å². The fraction of sp³-hybridized carbons (Fsp3) is 0.286. The Morgan fingerprint density at radius 2 is 2.11 bits per heavy atom. The highest BCUT2D eigenvalue weighted by Crippen LogP contribution is 2.14. The molecule has 0 bridgehead atoms. The molecule has 1 heterocycles. The molecule has 1 amide bonds. The lowest BCUT2D eigenvalue weighted by atomic mass is 10.0. The van der Waals surface area contributed by atoms with E-state index < -0.39 is 0 Å². The van der Waals surface area contributed by atoms with Crippen molar-refractivity contribution in [3.05, 3.63) is 53.9 Å². The van der Waals surface area contributed by atoms with E-state index in [1.165, 1.54) is 6.26 Å². The first-order valence-electron chi connectivity index (χ1n) is 6.22. The first-order valence-corrected chi connectivity index (χ1v) is 6.22. The van der Waals surface area contributed by atoms with Crippen LogP contribution in [0.3, 0.4) is 0 Å². The molecule has 19 heavy (non-hydrogen) atoms. The Kier molecular flexibility index (Phi) is 4.69. The van der Waals surface area contributed by atoms with Crippen molar-refractivity contribution in [1.29, 1.82) is 0 Å². The zero-order valence-electron chi connectivity index (χ0n) is 10.6. The van der Waals surface area contributed by atoms with Crippen molar-refractivity contribution in [3.8, 4) is 0 Å². The number of rotatable bonds is 6. The Balaban J connectivity index is 1.71. The summed E-state index contributed by atoms with van der Waals surface area (Å²) in [5, 5.41) is 6.49. The molecule has 1 atom stereocenters. The Labute approximate surface area is 111 Å². The van der Waals surface area contributed by atoms with Gasteiger partial charge in [-0.05, 0) is 12.0 Å². The lowest BCUT2D eigenvalue weighted by molar-refractivity contribution is -0.121. The Bertz CT molecular complexity index is 497. The summed E-state index contributed by atoms with van der Waals surface area (Å²) in [6.45, 7) is 0.385. The molecule has 1 aromatic heterocycles. The van der Waals surface area contributed by atoms with Crippen molar-refractivity contribution < 1.29 is 9.32 Å². The van der Waals surface area contributed by atoms with Gasteiger partial charge in [0, 0.05) is 18.5 Å². The number of nitrogens with one attached hydrogen (secondary N) is 1. The molecule has 5 nitrogen and oxygen atoms in total. The van der Waals surface area contributed by atoms with Crippen LogP contribution >= 0.6 is 0 Å². The van der Waals surface area contributed by atoms with Crippen LogP contribution in [0.1, 0.15) is 30.1 Å². The van der Waals surface area contributed by atoms with Gasteiger partial charge in [0.2, 0.25) is 5.91 Å². The Morgan fingerprint density at radius 1 is 1.32 bits per heavy atom. The molecular formula is C14H17N3O2. The Hall–Kier alpha value is -2.14. The number of aromatic nitrogens is 1. The lowest BCUT2D eigenvalue weighted by Crippen LogP contribution is -2.24. The van der Waals surface area contributed by atoms with E-state index in [-0.39, 0.29) is 11.9 Å². The summed E-state index contributed by atoms with van der Waals surface area (Å²) in [4.78, 5) is 11.6. The number of amides is 1. The summed E-state index contributed by atoms with van der Waals surface area (Å²) in [7, 11) is 0. The van der Waals surface area contributed by atoms with Gasteiger partial charge >= 0.3 is 0 Å². The van der Waals surface area contributed by atoms with Gasteiger partial charge < -0.3 is 15.6 Å². The number of carbonyl (C=O) groups excluding carboxylic acids is 1. The predicted molar refractivity (Wildman–Crippen MR) is 71.0 cm³/mol. The minimum atomic E-state index is -0.112. The van der Waals surface area contributed by atoms with E-state index in [1.54, 1.807) is 6.07 Å². The summed E-state index contributed by atoms with van der Waals surface area (Å²) < 4.78 is 4.68. The van der Waals surface area contributed by atoms with E-state index in [9.17, 15) is 4.79 Å². The number of hydrogen-bond donors (Lipinski definition) is 2. The third kappa shape index (κ3) is 4.22. The molecule has 0 aliphatic heterocycles. The molecule has 5 heteroatoms. The number of benzene rings is 1. The molecule has 0 radical (unpaired) electrons. The number of nitrogens with two attached hydrogens (primary N) is 1. The Morgan fingerprint density at radius 3 is 2.79 bits per heavy atom. The molecule has 0 fully saturated rings. The summed E-state index contributed by atoms with van der Waals surface area (Å²) in [6, 6.07) is 11.4. The van der Waals surface area contributed by atoms with Crippen molar-refractivity contribution in [2.45, 2.75) is 25.4 Å². The monoisotopic (exact) mass is 259 g/mol. The first-order chi connectivity index (χ1) is 9.25. The number of nitrogens with zero attached hydrogens (tertiary/aromatic N) is 1. The zero-order valence-corrected chi connectivity index (χ0v) is 10.6. The highest BCUT2D eigenvalue weighted by molar-refractivity contribution is 5.75. The molecule has 0 spiro atoms. The minimum absolute atomic E-state index is 0.0330. The van der Waals surface area contributed by atoms with Crippen LogP contribution in [0.5, 0.6) is 0 Å². The highest BCUT2D eigenvalue weighted by atomic mass is 16.5. The fourth-order valence-corrected chi connectivity index (χ4v) is 1.76. The van der Waals surface area contributed by atoms with E-state index >= 15 is 0 Å². The van der Waals surface area contributed by atoms with Crippen LogP contribution in [0.15, 0.2) is 47.2 Å². The summed E-state index contributed by atoms with van der Waals surface area (Å²) in [5.74, 6) is -0.0330. The molecule has 0 saturated carbocycles. The van der Waals surface area contributed by atoms with Gasteiger partial charge in [-0.15, -0.1) is 0 Å². The van der Waals surface area contributed by atoms with Crippen molar-refractivity contribution >= 4 is 5.91 Å². The van der Waals surface area contributed by atoms with Crippen LogP contribution in [0.25, 0.3) is 0 Å². The maximum atomic E-state index is 11.6. The lowest BCUT2D eigenvalue weighted by Gasteiger charge is -2.11. The average Bonchev–Trinajstić information content (AvgIpc) is 2.96. The second-order valence-corrected chi connectivity index (χ2v) is 4.32. The van der Waals surface area contributed by atoms with Gasteiger partial charge in [-0.25, -0.2) is 0 Å².